The van der Waals surface area contributed by atoms with Gasteiger partial charge in [-0.15, -0.1) is 0 Å². The summed E-state index contributed by atoms with van der Waals surface area (Å²) in [6, 6.07) is 2.06. The Hall–Kier alpha value is -6.37. The summed E-state index contributed by atoms with van der Waals surface area (Å²) in [5, 5.41) is 25.8. The summed E-state index contributed by atoms with van der Waals surface area (Å²) in [5.41, 5.74) is 2.37. The quantitative estimate of drug-likeness (QED) is 0.0173. The van der Waals surface area contributed by atoms with E-state index in [9.17, 15) is 56.7 Å². The van der Waals surface area contributed by atoms with Crippen molar-refractivity contribution in [3.05, 3.63) is 70.3 Å². The zero-order valence-electron chi connectivity index (χ0n) is 54.8. The SMILES string of the molecule is COc1cc2cc(c1Cl)N(C)C(=O)C[C@H](OC(=O)[C@H](C)N(C)C(=O)c1ccc(NC(=O)[C@H](CCCNC(N)=O)NC(=O)[C@@H](NC(=O)CCCCC(C)(C)OC(=O)C(CBr)CBr)C(C)C)c(S(C)(=O)=O)c1)[C@]1(C)O[C@H]1[C@H](C)[C@@H]1C[C@@](O)(NC(=O)O1)[C@H](OC)/C=C/C=C(\C)C2. The van der Waals surface area contributed by atoms with Gasteiger partial charge in [0, 0.05) is 69.0 Å². The maximum atomic E-state index is 14.6. The van der Waals surface area contributed by atoms with Gasteiger partial charge in [0.25, 0.3) is 5.91 Å². The highest BCUT2D eigenvalue weighted by molar-refractivity contribution is 9.09. The number of hydrogen-bond donors (Lipinski definition) is 7. The molecule has 3 heterocycles. The number of anilines is 2. The highest BCUT2D eigenvalue weighted by atomic mass is 79.9. The van der Waals surface area contributed by atoms with E-state index >= 15 is 0 Å². The Balaban J connectivity index is 1.37. The molecule has 93 heavy (non-hydrogen) atoms. The summed E-state index contributed by atoms with van der Waals surface area (Å²) < 4.78 is 62.3. The monoisotopic (exact) mass is 1470 g/mol. The summed E-state index contributed by atoms with van der Waals surface area (Å²) in [4.78, 5) is 124. The number of esters is 2. The van der Waals surface area contributed by atoms with Gasteiger partial charge in [-0.2, -0.15) is 0 Å². The predicted molar refractivity (Wildman–Crippen MR) is 354 cm³/mol. The molecule has 0 aliphatic carbocycles. The van der Waals surface area contributed by atoms with Gasteiger partial charge in [-0.05, 0) is 115 Å². The molecule has 30 heteroatoms. The smallest absolute Gasteiger partial charge is 0.409 e. The van der Waals surface area contributed by atoms with Crippen molar-refractivity contribution in [2.45, 2.75) is 178 Å². The number of urea groups is 1. The van der Waals surface area contributed by atoms with E-state index < -0.39 is 140 Å². The number of alkyl halides is 2. The third-order valence-electron chi connectivity index (χ3n) is 16.7. The Morgan fingerprint density at radius 3 is 2.29 bits per heavy atom. The van der Waals surface area contributed by atoms with E-state index in [0.717, 1.165) is 28.9 Å². The molecule has 26 nitrogen and oxygen atoms in total. The third kappa shape index (κ3) is 20.8. The number of fused-ring (bicyclic) bond motifs is 5. The molecule has 0 unspecified atom stereocenters. The lowest BCUT2D eigenvalue weighted by atomic mass is 9.83. The maximum absolute atomic E-state index is 14.6. The fourth-order valence-electron chi connectivity index (χ4n) is 10.9. The molecular weight excluding hydrogens is 1380 g/mol. The molecule has 516 valence electrons. The van der Waals surface area contributed by atoms with E-state index in [-0.39, 0.29) is 71.8 Å². The van der Waals surface area contributed by atoms with E-state index in [2.05, 4.69) is 58.4 Å². The number of aliphatic hydroxyl groups is 1. The number of nitrogens with one attached hydrogen (secondary N) is 5. The molecule has 4 bridgehead atoms. The van der Waals surface area contributed by atoms with Crippen LogP contribution in [0.5, 0.6) is 5.75 Å². The number of nitrogens with two attached hydrogens (primary N) is 1. The van der Waals surface area contributed by atoms with Gasteiger partial charge in [-0.1, -0.05) is 88.0 Å². The molecule has 2 aromatic rings. The van der Waals surface area contributed by atoms with Gasteiger partial charge in [-0.3, -0.25) is 34.1 Å². The molecule has 2 aromatic carbocycles. The van der Waals surface area contributed by atoms with Crippen LogP contribution in [-0.2, 0) is 68.7 Å². The molecule has 0 aromatic heterocycles. The number of ether oxygens (including phenoxy) is 6. The second-order valence-corrected chi connectivity index (χ2v) is 28.6. The largest absolute Gasteiger partial charge is 0.495 e. The zero-order chi connectivity index (χ0) is 69.7. The fraction of sp³-hybridized carbons (Fsp3) is 0.603. The number of carbonyl (C=O) groups is 9. The summed E-state index contributed by atoms with van der Waals surface area (Å²) in [6.07, 6.45) is 1.81. The summed E-state index contributed by atoms with van der Waals surface area (Å²) in [6.45, 7) is 13.5. The minimum absolute atomic E-state index is 0.00741. The average Bonchev–Trinajstić information content (AvgIpc) is 1.58. The summed E-state index contributed by atoms with van der Waals surface area (Å²) in [7, 11) is 1.29. The molecule has 10 atom stereocenters. The third-order valence-corrected chi connectivity index (χ3v) is 19.8. The molecule has 0 saturated carbocycles. The van der Waals surface area contributed by atoms with Crippen molar-refractivity contribution in [2.24, 2.45) is 23.5 Å². The van der Waals surface area contributed by atoms with Crippen molar-refractivity contribution in [3.8, 4) is 5.75 Å². The number of amides is 8. The number of halogens is 3. The first-order valence-electron chi connectivity index (χ1n) is 30.4. The van der Waals surface area contributed by atoms with Crippen molar-refractivity contribution < 1.29 is 85.1 Å². The van der Waals surface area contributed by atoms with Crippen LogP contribution in [0.3, 0.4) is 0 Å². The molecule has 3 aliphatic rings. The van der Waals surface area contributed by atoms with Crippen LogP contribution in [0.4, 0.5) is 21.0 Å². The first-order valence-corrected chi connectivity index (χ1v) is 34.9. The van der Waals surface area contributed by atoms with Crippen LogP contribution in [0.25, 0.3) is 0 Å². The minimum atomic E-state index is -4.28. The van der Waals surface area contributed by atoms with Crippen LogP contribution in [0.1, 0.15) is 123 Å². The number of rotatable bonds is 26. The number of allylic oxidation sites excluding steroid dienone is 3. The molecule has 0 radical (unpaired) electrons. The zero-order valence-corrected chi connectivity index (χ0v) is 59.5. The Morgan fingerprint density at radius 2 is 1.68 bits per heavy atom. The maximum Gasteiger partial charge on any atom is 0.409 e. The van der Waals surface area contributed by atoms with Crippen molar-refractivity contribution in [2.75, 3.05) is 62.0 Å². The molecule has 8 N–H and O–H groups in total. The van der Waals surface area contributed by atoms with E-state index in [1.807, 2.05) is 6.92 Å². The number of likely N-dealkylation sites (N-methyl/N-ethyl adjacent to an activating group) is 1. The molecular formula is C63H89Br2ClN8O18S. The normalized spacial score (nSPS) is 23.7. The van der Waals surface area contributed by atoms with Gasteiger partial charge in [-0.25, -0.2) is 22.8 Å². The number of methoxy groups -OCH3 is 2. The molecule has 5 rings (SSSR count). The minimum Gasteiger partial charge on any atom is -0.495 e. The average molecular weight is 1470 g/mol. The van der Waals surface area contributed by atoms with Crippen LogP contribution in [-0.4, -0.2) is 183 Å². The summed E-state index contributed by atoms with van der Waals surface area (Å²) >= 11 is 13.5. The molecule has 0 spiro atoms. The van der Waals surface area contributed by atoms with Gasteiger partial charge < -0.3 is 70.3 Å². The second kappa shape index (κ2) is 33.3. The van der Waals surface area contributed by atoms with Crippen molar-refractivity contribution in [1.82, 2.24) is 26.2 Å². The number of hydrogen-bond acceptors (Lipinski definition) is 18. The van der Waals surface area contributed by atoms with Gasteiger partial charge in [0.15, 0.2) is 15.6 Å². The summed E-state index contributed by atoms with van der Waals surface area (Å²) in [5.74, 6) is -6.18. The Bertz CT molecular complexity index is 3280. The highest BCUT2D eigenvalue weighted by Gasteiger charge is 2.64. The highest BCUT2D eigenvalue weighted by Crippen LogP contribution is 2.49. The fourth-order valence-corrected chi connectivity index (χ4v) is 13.7. The van der Waals surface area contributed by atoms with Crippen LogP contribution < -0.4 is 42.0 Å². The standard InChI is InChI=1S/C63H89Br2ClN8O18S/c1-34(2)52(71-49(75)21-14-15-24-61(6,7)92-58(81)40(32-64)33-65)55(78)70-42(19-17-25-68-59(67)82)54(77)69-41-23-22-39(29-46(41)93(13,85)86)56(79)73(9)37(5)57(80)90-48-30-50(76)74(10)43-27-38(28-44(87-11)51(43)66)26-35(3)18-16-20-47(88-12)63(84)31-45(89-60(83)72-63)36(4)53-62(48,8)91-53/h16,18,20,22-23,27-29,34,36-37,40,42,45,47-48,52-53,84H,14-15,17,19,21,24-26,30-33H2,1-13H3,(H,69,77)(H,70,78)(H,71,75)(H,72,83)(H3,67,68,82)/b20-16+,35-18+/t36-,37+,42+,45+,47-,48+,52+,53+,62+,63+/m1/s1. The van der Waals surface area contributed by atoms with Crippen LogP contribution in [0.2, 0.25) is 5.02 Å². The number of epoxide rings is 1. The number of unbranched alkanes of at least 4 members (excludes halogenated alkanes) is 1. The van der Waals surface area contributed by atoms with E-state index in [1.165, 1.54) is 46.2 Å². The lowest BCUT2D eigenvalue weighted by molar-refractivity contribution is -0.161. The van der Waals surface area contributed by atoms with Crippen LogP contribution in [0.15, 0.2) is 59.0 Å². The number of benzene rings is 2. The lowest BCUT2D eigenvalue weighted by Crippen LogP contribution is -2.63. The number of alkyl carbamates (subject to hydrolysis) is 1. The number of primary amides is 1. The first-order chi connectivity index (χ1) is 43.4. The molecule has 2 fully saturated rings. The first kappa shape index (κ1) is 77.3. The van der Waals surface area contributed by atoms with Crippen LogP contribution in [0, 0.1) is 17.8 Å². The van der Waals surface area contributed by atoms with E-state index in [1.54, 1.807) is 71.9 Å². The second-order valence-electron chi connectivity index (χ2n) is 25.0. The molecule has 3 aliphatic heterocycles. The molecule has 2 saturated heterocycles. The van der Waals surface area contributed by atoms with E-state index in [4.69, 9.17) is 45.8 Å². The van der Waals surface area contributed by atoms with Gasteiger partial charge in [0.1, 0.15) is 58.4 Å². The predicted octanol–water partition coefficient (Wildman–Crippen LogP) is 6.53. The van der Waals surface area contributed by atoms with Crippen molar-refractivity contribution in [1.29, 1.82) is 0 Å². The number of nitrogens with zero attached hydrogens (tertiary/aromatic N) is 2. The molecule has 8 amide bonds. The number of sulfone groups is 1. The van der Waals surface area contributed by atoms with Crippen molar-refractivity contribution >= 4 is 118 Å². The topological polar surface area (TPSA) is 359 Å². The van der Waals surface area contributed by atoms with E-state index in [0.29, 0.717) is 41.9 Å². The Labute approximate surface area is 565 Å². The Kier molecular flexibility index (Phi) is 27.7. The lowest BCUT2D eigenvalue weighted by Gasteiger charge is -2.42. The van der Waals surface area contributed by atoms with Gasteiger partial charge >= 0.3 is 24.1 Å². The van der Waals surface area contributed by atoms with Gasteiger partial charge in [0.2, 0.25) is 23.6 Å². The van der Waals surface area contributed by atoms with Crippen LogP contribution >= 0.6 is 43.5 Å². The number of carbonyl (C=O) groups excluding carboxylic acids is 9. The Morgan fingerprint density at radius 1 is 1.00 bits per heavy atom. The van der Waals surface area contributed by atoms with Crippen molar-refractivity contribution in [3.63, 3.8) is 0 Å². The van der Waals surface area contributed by atoms with Gasteiger partial charge in [0.05, 0.1) is 41.8 Å².